The van der Waals surface area contributed by atoms with Gasteiger partial charge in [-0.3, -0.25) is 0 Å². The summed E-state index contributed by atoms with van der Waals surface area (Å²) in [6, 6.07) is 13.5. The summed E-state index contributed by atoms with van der Waals surface area (Å²) in [7, 11) is 0. The summed E-state index contributed by atoms with van der Waals surface area (Å²) >= 11 is 0. The summed E-state index contributed by atoms with van der Waals surface area (Å²) in [5, 5.41) is 10.8. The van der Waals surface area contributed by atoms with E-state index in [2.05, 4.69) is 0 Å². The van der Waals surface area contributed by atoms with E-state index in [-0.39, 0.29) is 5.70 Å². The van der Waals surface area contributed by atoms with Crippen molar-refractivity contribution < 1.29 is 9.90 Å². The van der Waals surface area contributed by atoms with Crippen LogP contribution >= 0.6 is 0 Å². The van der Waals surface area contributed by atoms with Crippen molar-refractivity contribution in [2.45, 2.75) is 0 Å². The molecule has 2 aromatic carbocycles. The molecule has 16 heavy (non-hydrogen) atoms. The van der Waals surface area contributed by atoms with E-state index in [9.17, 15) is 4.79 Å². The van der Waals surface area contributed by atoms with Gasteiger partial charge < -0.3 is 10.8 Å². The van der Waals surface area contributed by atoms with Crippen molar-refractivity contribution in [2.75, 3.05) is 0 Å². The normalized spacial score (nSPS) is 11.6. The number of hydrogen-bond donors (Lipinski definition) is 2. The van der Waals surface area contributed by atoms with Gasteiger partial charge in [0.05, 0.1) is 0 Å². The Morgan fingerprint density at radius 1 is 1.12 bits per heavy atom. The molecule has 2 aromatic rings. The van der Waals surface area contributed by atoms with Crippen LogP contribution in [0.15, 0.2) is 48.2 Å². The minimum absolute atomic E-state index is 0.156. The van der Waals surface area contributed by atoms with Crippen molar-refractivity contribution in [1.82, 2.24) is 0 Å². The molecule has 0 atom stereocenters. The first-order valence-corrected chi connectivity index (χ1v) is 4.87. The largest absolute Gasteiger partial charge is 0.477 e. The smallest absolute Gasteiger partial charge is 0.351 e. The maximum absolute atomic E-state index is 10.6. The highest BCUT2D eigenvalue weighted by Crippen LogP contribution is 2.20. The highest BCUT2D eigenvalue weighted by atomic mass is 16.4. The molecular formula is C13H11NO2. The van der Waals surface area contributed by atoms with E-state index in [1.807, 2.05) is 42.5 Å². The molecule has 3 nitrogen and oxygen atoms in total. The Morgan fingerprint density at radius 2 is 1.81 bits per heavy atom. The molecule has 0 heterocycles. The van der Waals surface area contributed by atoms with E-state index in [1.54, 1.807) is 0 Å². The maximum atomic E-state index is 10.6. The average molecular weight is 213 g/mol. The van der Waals surface area contributed by atoms with E-state index in [1.165, 1.54) is 6.08 Å². The molecule has 0 saturated carbocycles. The van der Waals surface area contributed by atoms with Gasteiger partial charge in [0.1, 0.15) is 5.70 Å². The Morgan fingerprint density at radius 3 is 2.56 bits per heavy atom. The first-order valence-electron chi connectivity index (χ1n) is 4.87. The zero-order valence-corrected chi connectivity index (χ0v) is 8.55. The Balaban J connectivity index is 2.61. The van der Waals surface area contributed by atoms with Gasteiger partial charge in [-0.25, -0.2) is 4.79 Å². The summed E-state index contributed by atoms with van der Waals surface area (Å²) in [5.74, 6) is -1.10. The highest BCUT2D eigenvalue weighted by Gasteiger charge is 2.03. The molecule has 0 bridgehead atoms. The second kappa shape index (κ2) is 4.06. The fourth-order valence-electron chi connectivity index (χ4n) is 1.61. The SMILES string of the molecule is N/C(=C\c1cccc2ccccc12)C(=O)O. The lowest BCUT2D eigenvalue weighted by atomic mass is 10.0. The number of carboxylic acid groups (broad SMARTS) is 1. The molecule has 0 amide bonds. The second-order valence-corrected chi connectivity index (χ2v) is 3.47. The lowest BCUT2D eigenvalue weighted by Gasteiger charge is -2.02. The summed E-state index contributed by atoms with van der Waals surface area (Å²) in [6.45, 7) is 0. The van der Waals surface area contributed by atoms with Crippen molar-refractivity contribution in [3.63, 3.8) is 0 Å². The minimum atomic E-state index is -1.10. The van der Waals surface area contributed by atoms with Crippen LogP contribution in [0.25, 0.3) is 16.8 Å². The first-order chi connectivity index (χ1) is 7.68. The number of carbonyl (C=O) groups is 1. The van der Waals surface area contributed by atoms with Gasteiger partial charge in [-0.15, -0.1) is 0 Å². The quantitative estimate of drug-likeness (QED) is 0.752. The number of aliphatic carboxylic acids is 1. The van der Waals surface area contributed by atoms with Gasteiger partial charge in [-0.05, 0) is 22.4 Å². The van der Waals surface area contributed by atoms with Crippen molar-refractivity contribution in [2.24, 2.45) is 5.73 Å². The zero-order valence-electron chi connectivity index (χ0n) is 8.55. The number of fused-ring (bicyclic) bond motifs is 1. The Hall–Kier alpha value is -2.29. The van der Waals surface area contributed by atoms with Crippen LogP contribution in [0.5, 0.6) is 0 Å². The molecule has 3 N–H and O–H groups in total. The number of nitrogens with two attached hydrogens (primary N) is 1. The fourth-order valence-corrected chi connectivity index (χ4v) is 1.61. The average Bonchev–Trinajstić information content (AvgIpc) is 2.29. The number of carboxylic acids is 1. The third-order valence-corrected chi connectivity index (χ3v) is 2.38. The van der Waals surface area contributed by atoms with E-state index in [0.29, 0.717) is 0 Å². The molecule has 0 saturated heterocycles. The van der Waals surface area contributed by atoms with Crippen LogP contribution < -0.4 is 5.73 Å². The summed E-state index contributed by atoms with van der Waals surface area (Å²) < 4.78 is 0. The van der Waals surface area contributed by atoms with Crippen LogP contribution in [0, 0.1) is 0 Å². The molecule has 3 heteroatoms. The molecule has 0 fully saturated rings. The fraction of sp³-hybridized carbons (Fsp3) is 0. The molecule has 0 aliphatic heterocycles. The lowest BCUT2D eigenvalue weighted by molar-refractivity contribution is -0.132. The predicted molar refractivity (Wildman–Crippen MR) is 63.7 cm³/mol. The molecule has 2 rings (SSSR count). The molecule has 0 spiro atoms. The van der Waals surface area contributed by atoms with Gasteiger partial charge in [0, 0.05) is 0 Å². The van der Waals surface area contributed by atoms with Crippen LogP contribution in [0.4, 0.5) is 0 Å². The van der Waals surface area contributed by atoms with Gasteiger partial charge in [0.15, 0.2) is 0 Å². The van der Waals surface area contributed by atoms with E-state index < -0.39 is 5.97 Å². The van der Waals surface area contributed by atoms with Crippen LogP contribution in [0.1, 0.15) is 5.56 Å². The highest BCUT2D eigenvalue weighted by molar-refractivity contribution is 5.96. The van der Waals surface area contributed by atoms with Crippen molar-refractivity contribution in [3.8, 4) is 0 Å². The molecule has 80 valence electrons. The van der Waals surface area contributed by atoms with Gasteiger partial charge in [-0.1, -0.05) is 42.5 Å². The Kier molecular flexibility index (Phi) is 2.60. The molecule has 0 aliphatic carbocycles. The van der Waals surface area contributed by atoms with Crippen molar-refractivity contribution in [3.05, 3.63) is 53.7 Å². The van der Waals surface area contributed by atoms with Crippen LogP contribution in [-0.2, 0) is 4.79 Å². The molecule has 0 aliphatic rings. The zero-order chi connectivity index (χ0) is 11.5. The van der Waals surface area contributed by atoms with Crippen LogP contribution in [-0.4, -0.2) is 11.1 Å². The molecule has 0 aromatic heterocycles. The monoisotopic (exact) mass is 213 g/mol. The topological polar surface area (TPSA) is 63.3 Å². The van der Waals surface area contributed by atoms with E-state index >= 15 is 0 Å². The Labute approximate surface area is 92.8 Å². The summed E-state index contributed by atoms with van der Waals surface area (Å²) in [5.41, 5.74) is 6.06. The van der Waals surface area contributed by atoms with Crippen LogP contribution in [0.2, 0.25) is 0 Å². The van der Waals surface area contributed by atoms with Gasteiger partial charge in [0.2, 0.25) is 0 Å². The lowest BCUT2D eigenvalue weighted by Crippen LogP contribution is -2.09. The summed E-state index contributed by atoms with van der Waals surface area (Å²) in [4.78, 5) is 10.6. The van der Waals surface area contributed by atoms with Gasteiger partial charge in [-0.2, -0.15) is 0 Å². The standard InChI is InChI=1S/C13H11NO2/c14-12(13(15)16)8-10-6-3-5-9-4-1-2-7-11(9)10/h1-8H,14H2,(H,15,16)/b12-8-. The van der Waals surface area contributed by atoms with Gasteiger partial charge in [0.25, 0.3) is 0 Å². The first kappa shape index (κ1) is 10.2. The van der Waals surface area contributed by atoms with Gasteiger partial charge >= 0.3 is 5.97 Å². The predicted octanol–water partition coefficient (Wildman–Crippen LogP) is 2.22. The van der Waals surface area contributed by atoms with E-state index in [4.69, 9.17) is 10.8 Å². The van der Waals surface area contributed by atoms with E-state index in [0.717, 1.165) is 16.3 Å². The summed E-state index contributed by atoms with van der Waals surface area (Å²) in [6.07, 6.45) is 1.48. The molecule has 0 unspecified atom stereocenters. The second-order valence-electron chi connectivity index (χ2n) is 3.47. The third kappa shape index (κ3) is 1.88. The van der Waals surface area contributed by atoms with Crippen molar-refractivity contribution in [1.29, 1.82) is 0 Å². The number of rotatable bonds is 2. The van der Waals surface area contributed by atoms with Crippen LogP contribution in [0.3, 0.4) is 0 Å². The molecule has 0 radical (unpaired) electrons. The Bertz CT molecular complexity index is 568. The molecular weight excluding hydrogens is 202 g/mol. The minimum Gasteiger partial charge on any atom is -0.477 e. The number of benzene rings is 2. The van der Waals surface area contributed by atoms with Crippen molar-refractivity contribution >= 4 is 22.8 Å². The third-order valence-electron chi connectivity index (χ3n) is 2.38. The maximum Gasteiger partial charge on any atom is 0.351 e. The number of hydrogen-bond acceptors (Lipinski definition) is 2.